The molecule has 6 rings (SSSR count). The van der Waals surface area contributed by atoms with E-state index in [-0.39, 0.29) is 0 Å². The zero-order valence-corrected chi connectivity index (χ0v) is 27.4. The molecule has 0 amide bonds. The number of aliphatic hydroxyl groups excluding tert-OH is 6. The van der Waals surface area contributed by atoms with Crippen LogP contribution in [0.2, 0.25) is 0 Å². The number of esters is 2. The van der Waals surface area contributed by atoms with Gasteiger partial charge in [-0.25, -0.2) is 4.79 Å². The third kappa shape index (κ3) is 6.88. The van der Waals surface area contributed by atoms with E-state index < -0.39 is 122 Å². The molecule has 4 aliphatic heterocycles. The lowest BCUT2D eigenvalue weighted by Crippen LogP contribution is -2.61. The molecule has 4 heterocycles. The number of carbonyl (C=O) groups is 2. The molecule has 4 fully saturated rings. The fourth-order valence-corrected chi connectivity index (χ4v) is 7.11. The van der Waals surface area contributed by atoms with Crippen molar-refractivity contribution in [3.63, 3.8) is 0 Å². The van der Waals surface area contributed by atoms with E-state index in [1.54, 1.807) is 37.3 Å². The standard InChI is InChI=1S/C33H42O17/c1-14-26(47-20(37)9-6-16-4-7-17(42-3)8-5-16)28(45-15(2)36)25(41)32(44-14)48-27-18-10-11-43-30(21(18)33(13-35)29(27)50-33)49-31-24(40)23(39)22(38)19(12-34)46-31/h4-11,14,18-19,21-32,34-35,38-41H,12-13H2,1-3H3/b9-6+/t14-,18?,19+,21?,22+,23-,24+,25+,26-,27-,28-,29?,30?,31-,32?,33+/m0/s1. The molecule has 1 saturated carbocycles. The Bertz CT molecular complexity index is 1420. The second-order valence-corrected chi connectivity index (χ2v) is 12.8. The summed E-state index contributed by atoms with van der Waals surface area (Å²) in [6.07, 6.45) is -11.5. The number of hydrogen-bond acceptors (Lipinski definition) is 17. The summed E-state index contributed by atoms with van der Waals surface area (Å²) in [7, 11) is 1.54. The minimum absolute atomic E-state index is 0.493. The predicted octanol–water partition coefficient (Wildman–Crippen LogP) is -1.89. The summed E-state index contributed by atoms with van der Waals surface area (Å²) >= 11 is 0. The number of carbonyl (C=O) groups excluding carboxylic acids is 2. The Morgan fingerprint density at radius 3 is 2.26 bits per heavy atom. The van der Waals surface area contributed by atoms with E-state index in [1.807, 2.05) is 0 Å². The minimum atomic E-state index is -1.71. The molecule has 6 N–H and O–H groups in total. The van der Waals surface area contributed by atoms with Crippen LogP contribution >= 0.6 is 0 Å². The van der Waals surface area contributed by atoms with Crippen molar-refractivity contribution >= 4 is 18.0 Å². The SMILES string of the molecule is COc1ccc(/C=C/C(=O)O[C@@H]2[C@@H](OC(C)=O)[C@@H](O)C(O[C@H]3C4C=COC(O[C@@H]5O[C@H](CO)[C@@H](O)[C@H](O)[C@H]5O)C4[C@@]4(CO)OC34)O[C@H]2C)cc1. The number of ether oxygens (including phenoxy) is 9. The molecular weight excluding hydrogens is 668 g/mol. The summed E-state index contributed by atoms with van der Waals surface area (Å²) in [5.74, 6) is -2.23. The monoisotopic (exact) mass is 710 g/mol. The fourth-order valence-electron chi connectivity index (χ4n) is 7.11. The Balaban J connectivity index is 1.15. The summed E-state index contributed by atoms with van der Waals surface area (Å²) in [5.41, 5.74) is -0.548. The topological polar surface area (TPSA) is 242 Å². The van der Waals surface area contributed by atoms with Gasteiger partial charge in [-0.05, 0) is 36.8 Å². The van der Waals surface area contributed by atoms with Gasteiger partial charge in [0.25, 0.3) is 0 Å². The summed E-state index contributed by atoms with van der Waals surface area (Å²) < 4.78 is 51.4. The van der Waals surface area contributed by atoms with Crippen LogP contribution in [0.5, 0.6) is 5.75 Å². The lowest BCUT2D eigenvalue weighted by atomic mass is 9.85. The second-order valence-electron chi connectivity index (χ2n) is 12.8. The maximum atomic E-state index is 12.8. The molecular formula is C33H42O17. The zero-order valence-electron chi connectivity index (χ0n) is 27.4. The maximum Gasteiger partial charge on any atom is 0.331 e. The number of hydrogen-bond donors (Lipinski definition) is 6. The van der Waals surface area contributed by atoms with Gasteiger partial charge in [-0.3, -0.25) is 4.79 Å². The molecule has 16 atom stereocenters. The fraction of sp³-hybridized carbons (Fsp3) is 0.636. The van der Waals surface area contributed by atoms with E-state index in [1.165, 1.54) is 25.5 Å². The van der Waals surface area contributed by atoms with E-state index in [0.29, 0.717) is 11.3 Å². The van der Waals surface area contributed by atoms with Gasteiger partial charge in [-0.15, -0.1) is 0 Å². The molecule has 0 bridgehead atoms. The van der Waals surface area contributed by atoms with Crippen molar-refractivity contribution < 1.29 is 82.9 Å². The summed E-state index contributed by atoms with van der Waals surface area (Å²) in [6.45, 7) is 1.54. The largest absolute Gasteiger partial charge is 0.497 e. The number of methoxy groups -OCH3 is 1. The smallest absolute Gasteiger partial charge is 0.331 e. The third-order valence-corrected chi connectivity index (χ3v) is 9.72. The van der Waals surface area contributed by atoms with E-state index in [0.717, 1.165) is 6.92 Å². The van der Waals surface area contributed by atoms with Gasteiger partial charge in [0.15, 0.2) is 24.8 Å². The van der Waals surface area contributed by atoms with Crippen molar-refractivity contribution in [3.05, 3.63) is 48.2 Å². The van der Waals surface area contributed by atoms with Gasteiger partial charge >= 0.3 is 11.9 Å². The van der Waals surface area contributed by atoms with E-state index in [4.69, 9.17) is 42.6 Å². The molecule has 1 aliphatic carbocycles. The predicted molar refractivity (Wildman–Crippen MR) is 163 cm³/mol. The summed E-state index contributed by atoms with van der Waals surface area (Å²) in [5, 5.41) is 62.3. The van der Waals surface area contributed by atoms with Crippen LogP contribution in [0.15, 0.2) is 42.7 Å². The Hall–Kier alpha value is -3.20. The zero-order chi connectivity index (χ0) is 35.9. The lowest BCUT2D eigenvalue weighted by molar-refractivity contribution is -0.347. The number of epoxide rings is 1. The molecule has 1 aromatic carbocycles. The van der Waals surface area contributed by atoms with Crippen LogP contribution in [-0.4, -0.2) is 148 Å². The van der Waals surface area contributed by atoms with Crippen LogP contribution in [-0.2, 0) is 47.5 Å². The van der Waals surface area contributed by atoms with Crippen LogP contribution in [0, 0.1) is 11.8 Å². The molecule has 3 saturated heterocycles. The van der Waals surface area contributed by atoms with Crippen LogP contribution in [0.3, 0.4) is 0 Å². The first-order chi connectivity index (χ1) is 23.9. The van der Waals surface area contributed by atoms with Crippen molar-refractivity contribution in [3.8, 4) is 5.75 Å². The molecule has 5 aliphatic rings. The Kier molecular flexibility index (Phi) is 10.8. The number of rotatable bonds is 11. The lowest BCUT2D eigenvalue weighted by Gasteiger charge is -2.44. The highest BCUT2D eigenvalue weighted by atomic mass is 16.8. The van der Waals surface area contributed by atoms with E-state index in [9.17, 15) is 40.2 Å². The molecule has 17 nitrogen and oxygen atoms in total. The van der Waals surface area contributed by atoms with Gasteiger partial charge in [0.2, 0.25) is 6.29 Å². The van der Waals surface area contributed by atoms with Crippen molar-refractivity contribution in [1.82, 2.24) is 0 Å². The van der Waals surface area contributed by atoms with Crippen molar-refractivity contribution in [2.75, 3.05) is 20.3 Å². The van der Waals surface area contributed by atoms with Gasteiger partial charge in [0.05, 0.1) is 44.7 Å². The van der Waals surface area contributed by atoms with Crippen LogP contribution in [0.4, 0.5) is 0 Å². The maximum absolute atomic E-state index is 12.8. The molecule has 0 radical (unpaired) electrons. The number of aliphatic hydroxyl groups is 6. The minimum Gasteiger partial charge on any atom is -0.497 e. The molecule has 1 aromatic rings. The average Bonchev–Trinajstić information content (AvgIpc) is 3.78. The van der Waals surface area contributed by atoms with Gasteiger partial charge in [0.1, 0.15) is 48.0 Å². The first kappa shape index (κ1) is 36.6. The van der Waals surface area contributed by atoms with Gasteiger partial charge in [-0.1, -0.05) is 12.1 Å². The number of benzene rings is 1. The van der Waals surface area contributed by atoms with Crippen LogP contribution in [0.25, 0.3) is 6.08 Å². The van der Waals surface area contributed by atoms with Crippen LogP contribution < -0.4 is 4.74 Å². The first-order valence-corrected chi connectivity index (χ1v) is 16.2. The van der Waals surface area contributed by atoms with Crippen molar-refractivity contribution in [2.24, 2.45) is 11.8 Å². The van der Waals surface area contributed by atoms with Gasteiger partial charge in [0, 0.05) is 18.9 Å². The van der Waals surface area contributed by atoms with Crippen molar-refractivity contribution in [2.45, 2.75) is 99.4 Å². The number of fused-ring (bicyclic) bond motifs is 3. The highest BCUT2D eigenvalue weighted by Gasteiger charge is 2.77. The summed E-state index contributed by atoms with van der Waals surface area (Å²) in [6, 6.07) is 6.93. The van der Waals surface area contributed by atoms with E-state index in [2.05, 4.69) is 0 Å². The Morgan fingerprint density at radius 1 is 0.880 bits per heavy atom. The highest BCUT2D eigenvalue weighted by molar-refractivity contribution is 5.87. The molecule has 276 valence electrons. The Morgan fingerprint density at radius 2 is 1.60 bits per heavy atom. The third-order valence-electron chi connectivity index (χ3n) is 9.72. The second kappa shape index (κ2) is 14.8. The molecule has 17 heteroatoms. The average molecular weight is 711 g/mol. The Labute approximate surface area is 286 Å². The summed E-state index contributed by atoms with van der Waals surface area (Å²) in [4.78, 5) is 24.9. The molecule has 0 aromatic heterocycles. The van der Waals surface area contributed by atoms with Gasteiger partial charge in [-0.2, -0.15) is 0 Å². The first-order valence-electron chi connectivity index (χ1n) is 16.2. The molecule has 0 spiro atoms. The van der Waals surface area contributed by atoms with Gasteiger partial charge < -0.3 is 73.3 Å². The van der Waals surface area contributed by atoms with Crippen molar-refractivity contribution in [1.29, 1.82) is 0 Å². The quantitative estimate of drug-likeness (QED) is 0.0835. The molecule has 50 heavy (non-hydrogen) atoms. The van der Waals surface area contributed by atoms with Crippen LogP contribution in [0.1, 0.15) is 19.4 Å². The normalized spacial score (nSPS) is 43.4. The van der Waals surface area contributed by atoms with E-state index >= 15 is 0 Å². The molecule has 5 unspecified atom stereocenters. The highest BCUT2D eigenvalue weighted by Crippen LogP contribution is 2.61.